The largest absolute Gasteiger partial charge is 0.507 e. The van der Waals surface area contributed by atoms with Crippen LogP contribution >= 0.6 is 11.3 Å². The van der Waals surface area contributed by atoms with E-state index in [1.54, 1.807) is 28.4 Å². The zero-order valence-electron chi connectivity index (χ0n) is 45.8. The maximum Gasteiger partial charge on any atom is 0.243 e. The summed E-state index contributed by atoms with van der Waals surface area (Å²) >= 11 is 1.60. The number of nitrogens with two attached hydrogens (primary N) is 1. The molecule has 418 valence electrons. The Labute approximate surface area is 462 Å². The van der Waals surface area contributed by atoms with Crippen molar-refractivity contribution < 1.29 is 33.8 Å². The van der Waals surface area contributed by atoms with Gasteiger partial charge >= 0.3 is 0 Å². The third kappa shape index (κ3) is 12.1. The van der Waals surface area contributed by atoms with Gasteiger partial charge in [0.05, 0.1) is 64.0 Å². The van der Waals surface area contributed by atoms with Crippen LogP contribution in [0.25, 0.3) is 21.7 Å². The quantitative estimate of drug-likeness (QED) is 0.0765. The number of likely N-dealkylation sites (tertiary alicyclic amines) is 2. The van der Waals surface area contributed by atoms with E-state index in [1.165, 1.54) is 0 Å². The molecule has 2 amide bonds. The summed E-state index contributed by atoms with van der Waals surface area (Å²) < 4.78 is 19.2. The summed E-state index contributed by atoms with van der Waals surface area (Å²) in [5, 5.41) is 37.3. The number of aryl methyl sites for hydroxylation is 1. The Morgan fingerprint density at radius 3 is 2.33 bits per heavy atom. The number of benzene rings is 2. The van der Waals surface area contributed by atoms with Gasteiger partial charge in [-0.2, -0.15) is 0 Å². The highest BCUT2D eigenvalue weighted by atomic mass is 32.1. The molecule has 11 rings (SSSR count). The Bertz CT molecular complexity index is 2830. The van der Waals surface area contributed by atoms with Crippen molar-refractivity contribution in [3.63, 3.8) is 0 Å². The van der Waals surface area contributed by atoms with E-state index >= 15 is 0 Å². The summed E-state index contributed by atoms with van der Waals surface area (Å²) in [7, 11) is 0. The fourth-order valence-electron chi connectivity index (χ4n) is 13.2. The molecule has 4 atom stereocenters. The number of amides is 2. The van der Waals surface area contributed by atoms with E-state index in [4.69, 9.17) is 19.7 Å². The van der Waals surface area contributed by atoms with Crippen LogP contribution in [-0.2, 0) is 19.1 Å². The molecule has 5 aromatic rings. The first kappa shape index (κ1) is 54.3. The molecular formula is C59H79N11O7S. The van der Waals surface area contributed by atoms with Gasteiger partial charge in [-0.3, -0.25) is 14.5 Å². The van der Waals surface area contributed by atoms with Crippen LogP contribution in [0.5, 0.6) is 5.75 Å². The van der Waals surface area contributed by atoms with Crippen molar-refractivity contribution in [2.24, 2.45) is 17.8 Å². The number of nitrogen functional groups attached to an aromatic ring is 1. The zero-order chi connectivity index (χ0) is 54.1. The second-order valence-corrected chi connectivity index (χ2v) is 24.5. The number of anilines is 3. The zero-order valence-corrected chi connectivity index (χ0v) is 46.7. The Hall–Kier alpha value is -5.70. The number of aliphatic hydroxyl groups excluding tert-OH is 1. The predicted molar refractivity (Wildman–Crippen MR) is 301 cm³/mol. The third-order valence-electron chi connectivity index (χ3n) is 17.8. The number of aliphatic hydroxyl groups is 1. The van der Waals surface area contributed by atoms with Gasteiger partial charge in [-0.1, -0.05) is 55.4 Å². The van der Waals surface area contributed by atoms with E-state index < -0.39 is 18.1 Å². The number of piperidine rings is 3. The van der Waals surface area contributed by atoms with Crippen LogP contribution in [0.4, 0.5) is 17.3 Å². The second-order valence-electron chi connectivity index (χ2n) is 23.6. The van der Waals surface area contributed by atoms with E-state index in [9.17, 15) is 19.8 Å². The molecule has 1 spiro atoms. The van der Waals surface area contributed by atoms with Crippen molar-refractivity contribution in [1.82, 2.24) is 40.4 Å². The summed E-state index contributed by atoms with van der Waals surface area (Å²) in [5.41, 5.74) is 13.2. The summed E-state index contributed by atoms with van der Waals surface area (Å²) in [4.78, 5) is 45.1. The smallest absolute Gasteiger partial charge is 0.243 e. The number of nitrogens with zero attached hydrogens (tertiary/aromatic N) is 9. The van der Waals surface area contributed by atoms with Crippen molar-refractivity contribution in [1.29, 1.82) is 0 Å². The predicted octanol–water partition coefficient (Wildman–Crippen LogP) is 7.28. The number of hydrogen-bond acceptors (Lipinski definition) is 17. The number of carbonyl (C=O) groups excluding carboxylic acids is 2. The first-order valence-electron chi connectivity index (χ1n) is 28.7. The minimum Gasteiger partial charge on any atom is -0.507 e. The summed E-state index contributed by atoms with van der Waals surface area (Å²) in [6.45, 7) is 18.4. The SMILES string of the molecule is Cc1ncsc1-c1ccc(C(C)NC(=O)[C@@H]2C[C@@H](O)CN2C(=O)[C@@H](c2cc(N3CCC(CN4CCC(OC5CC(CN6CCOC7(CCN(c8cc(-c9ccccc9O)nnc8N)CC7)C6)C5)CC4)CC3)no2)C(C)C)cc1. The number of hydrogen-bond donors (Lipinski definition) is 4. The Balaban J connectivity index is 0.586. The molecule has 2 aromatic carbocycles. The van der Waals surface area contributed by atoms with Crippen LogP contribution in [0.1, 0.15) is 108 Å². The van der Waals surface area contributed by atoms with Crippen molar-refractivity contribution in [3.8, 4) is 27.4 Å². The number of morpholine rings is 1. The van der Waals surface area contributed by atoms with Crippen LogP contribution in [0.3, 0.4) is 0 Å². The van der Waals surface area contributed by atoms with Gasteiger partial charge in [-0.05, 0) is 112 Å². The number of thiazole rings is 1. The molecule has 18 nitrogen and oxygen atoms in total. The molecule has 8 heterocycles. The number of phenolic OH excluding ortho intramolecular Hbond substituents is 1. The lowest BCUT2D eigenvalue weighted by atomic mass is 9.81. The van der Waals surface area contributed by atoms with Crippen molar-refractivity contribution in [2.75, 3.05) is 94.1 Å². The standard InChI is InChI=1S/C59H79N11O7S/c1-37(2)54(58(74)70-34-44(71)29-50(70)57(73)62-38(3)42-9-11-43(12-10-42)55-39(4)61-36-78-55)52-31-53(65-77-52)69-21-13-40(14-22-69)32-66-19-15-45(16-20-66)76-46-27-41(28-46)33-67-25-26-75-59(35-67)17-23-68(24-18-59)49-30-48(63-64-56(49)60)47-7-5-6-8-51(47)72/h5-12,30-31,36-38,40-41,44-46,50,54,71-72H,13-29,32-35H2,1-4H3,(H2,60,64)(H,62,73)/t38?,41?,44-,46?,50+,54-/m1/s1. The maximum atomic E-state index is 14.4. The number of β-amino-alcohol motifs (C(OH)–C–C–N with tert-alkyl or cyclic N) is 1. The van der Waals surface area contributed by atoms with E-state index in [-0.39, 0.29) is 48.1 Å². The van der Waals surface area contributed by atoms with Crippen LogP contribution in [0.15, 0.2) is 70.7 Å². The fourth-order valence-corrected chi connectivity index (χ4v) is 14.0. The van der Waals surface area contributed by atoms with Crippen molar-refractivity contribution >= 4 is 40.5 Å². The van der Waals surface area contributed by atoms with Gasteiger partial charge in [0, 0.05) is 90.0 Å². The number of nitrogens with one attached hydrogen (secondary N) is 1. The minimum absolute atomic E-state index is 0.0907. The molecule has 5 aliphatic heterocycles. The Morgan fingerprint density at radius 2 is 1.62 bits per heavy atom. The highest BCUT2D eigenvalue weighted by molar-refractivity contribution is 7.13. The molecule has 6 fully saturated rings. The van der Waals surface area contributed by atoms with E-state index in [0.717, 1.165) is 157 Å². The topological polar surface area (TPSA) is 212 Å². The lowest BCUT2D eigenvalue weighted by molar-refractivity contribution is -0.141. The normalized spacial score (nSPS) is 24.4. The molecule has 0 bridgehead atoms. The average Bonchev–Trinajstić information content (AvgIpc) is 4.23. The lowest BCUT2D eigenvalue weighted by Crippen LogP contribution is -2.58. The molecule has 19 heteroatoms. The Kier molecular flexibility index (Phi) is 16.4. The monoisotopic (exact) mass is 1090 g/mol. The molecule has 5 saturated heterocycles. The first-order chi connectivity index (χ1) is 37.7. The Morgan fingerprint density at radius 1 is 0.872 bits per heavy atom. The van der Waals surface area contributed by atoms with E-state index in [1.807, 2.05) is 81.7 Å². The number of rotatable bonds is 16. The highest BCUT2D eigenvalue weighted by Crippen LogP contribution is 2.40. The van der Waals surface area contributed by atoms with E-state index in [0.29, 0.717) is 46.9 Å². The van der Waals surface area contributed by atoms with Gasteiger partial charge in [0.15, 0.2) is 17.4 Å². The van der Waals surface area contributed by atoms with E-state index in [2.05, 4.69) is 45.3 Å². The number of carbonyl (C=O) groups is 2. The molecule has 1 saturated carbocycles. The fraction of sp³-hybridized carbons (Fsp3) is 0.593. The number of phenols is 1. The van der Waals surface area contributed by atoms with Gasteiger partial charge in [-0.25, -0.2) is 4.98 Å². The van der Waals surface area contributed by atoms with Gasteiger partial charge in [0.1, 0.15) is 17.7 Å². The van der Waals surface area contributed by atoms with Crippen LogP contribution < -0.4 is 20.9 Å². The third-order valence-corrected chi connectivity index (χ3v) is 18.8. The maximum absolute atomic E-state index is 14.4. The molecule has 1 aliphatic carbocycles. The van der Waals surface area contributed by atoms with Gasteiger partial charge in [0.2, 0.25) is 11.8 Å². The van der Waals surface area contributed by atoms with Gasteiger partial charge in [0.25, 0.3) is 0 Å². The molecule has 6 aliphatic rings. The lowest BCUT2D eigenvalue weighted by Gasteiger charge is -2.49. The molecule has 1 unspecified atom stereocenters. The van der Waals surface area contributed by atoms with Crippen molar-refractivity contribution in [2.45, 2.75) is 127 Å². The van der Waals surface area contributed by atoms with Crippen LogP contribution in [-0.4, -0.2) is 166 Å². The minimum atomic E-state index is -0.797. The van der Waals surface area contributed by atoms with Gasteiger partial charge < -0.3 is 54.9 Å². The van der Waals surface area contributed by atoms with Gasteiger partial charge in [-0.15, -0.1) is 21.5 Å². The molecule has 78 heavy (non-hydrogen) atoms. The molecular weight excluding hydrogens is 1010 g/mol. The summed E-state index contributed by atoms with van der Waals surface area (Å²) in [5.74, 6) is 1.81. The number of ether oxygens (including phenoxy) is 2. The average molecular weight is 1090 g/mol. The number of para-hydroxylation sites is 1. The summed E-state index contributed by atoms with van der Waals surface area (Å²) in [6.07, 6.45) is 8.50. The number of aromatic nitrogens is 4. The highest BCUT2D eigenvalue weighted by Gasteiger charge is 2.45. The second kappa shape index (κ2) is 23.6. The number of aromatic hydroxyl groups is 1. The van der Waals surface area contributed by atoms with Crippen LogP contribution in [0.2, 0.25) is 0 Å². The van der Waals surface area contributed by atoms with Crippen molar-refractivity contribution in [3.05, 3.63) is 83.2 Å². The molecule has 0 radical (unpaired) electrons. The van der Waals surface area contributed by atoms with Crippen LogP contribution in [0, 0.1) is 24.7 Å². The molecule has 5 N–H and O–H groups in total. The first-order valence-corrected chi connectivity index (χ1v) is 29.5. The molecule has 3 aromatic heterocycles. The summed E-state index contributed by atoms with van der Waals surface area (Å²) in [6, 6.07) is 18.1.